The molecule has 7 heteroatoms. The molecule has 0 N–H and O–H groups in total. The summed E-state index contributed by atoms with van der Waals surface area (Å²) in [7, 11) is 1.62. The van der Waals surface area contributed by atoms with Gasteiger partial charge < -0.3 is 9.30 Å². The molecule has 0 aliphatic heterocycles. The quantitative estimate of drug-likeness (QED) is 0.419. The molecule has 0 radical (unpaired) electrons. The topological polar surface area (TPSA) is 71.0 Å². The maximum absolute atomic E-state index is 13.3. The molecule has 0 saturated heterocycles. The molecule has 7 nitrogen and oxygen atoms in total. The first-order valence-electron chi connectivity index (χ1n) is 10.5. The first-order chi connectivity index (χ1) is 15.4. The standard InChI is InChI=1S/C25H26N4O3/c1-5-14-28-24(30)22-23(26-16-27(22)15-18-6-12-21(32-4)13-7-18)29(25(28)31)20-10-8-19(9-11-20)17(2)3/h5-13,16-17H,1,14-15H2,2-4H3. The third kappa shape index (κ3) is 3.77. The molecule has 0 bridgehead atoms. The number of rotatable bonds is 7. The second-order valence-electron chi connectivity index (χ2n) is 7.96. The molecule has 0 atom stereocenters. The Balaban J connectivity index is 1.91. The van der Waals surface area contributed by atoms with Gasteiger partial charge in [0.05, 0.1) is 19.1 Å². The average molecular weight is 431 g/mol. The Bertz CT molecular complexity index is 1370. The molecule has 0 saturated carbocycles. The monoisotopic (exact) mass is 430 g/mol. The third-order valence-electron chi connectivity index (χ3n) is 5.54. The van der Waals surface area contributed by atoms with E-state index in [9.17, 15) is 9.59 Å². The summed E-state index contributed by atoms with van der Waals surface area (Å²) in [6.07, 6.45) is 3.15. The molecule has 2 heterocycles. The van der Waals surface area contributed by atoms with Crippen molar-refractivity contribution in [1.29, 1.82) is 0 Å². The highest BCUT2D eigenvalue weighted by Gasteiger charge is 2.19. The zero-order valence-corrected chi connectivity index (χ0v) is 18.5. The van der Waals surface area contributed by atoms with Crippen molar-refractivity contribution < 1.29 is 4.74 Å². The molecule has 32 heavy (non-hydrogen) atoms. The average Bonchev–Trinajstić information content (AvgIpc) is 3.21. The van der Waals surface area contributed by atoms with E-state index in [4.69, 9.17) is 4.74 Å². The molecule has 0 spiro atoms. The van der Waals surface area contributed by atoms with E-state index < -0.39 is 5.69 Å². The molecule has 2 aromatic heterocycles. The molecule has 0 unspecified atom stereocenters. The molecule has 0 aliphatic rings. The summed E-state index contributed by atoms with van der Waals surface area (Å²) in [6, 6.07) is 15.4. The summed E-state index contributed by atoms with van der Waals surface area (Å²) in [4.78, 5) is 31.0. The van der Waals surface area contributed by atoms with Crippen molar-refractivity contribution >= 4 is 11.2 Å². The van der Waals surface area contributed by atoms with Crippen molar-refractivity contribution in [3.05, 3.63) is 99.5 Å². The van der Waals surface area contributed by atoms with Gasteiger partial charge in [0.2, 0.25) is 0 Å². The van der Waals surface area contributed by atoms with Crippen LogP contribution in [0, 0.1) is 0 Å². The zero-order chi connectivity index (χ0) is 22.8. The van der Waals surface area contributed by atoms with Gasteiger partial charge in [-0.05, 0) is 41.3 Å². The lowest BCUT2D eigenvalue weighted by Gasteiger charge is -2.13. The first kappa shape index (κ1) is 21.4. The molecule has 0 aliphatic carbocycles. The number of methoxy groups -OCH3 is 1. The SMILES string of the molecule is C=CCn1c(=O)c2c(ncn2Cc2ccc(OC)cc2)n(-c2ccc(C(C)C)cc2)c1=O. The van der Waals surface area contributed by atoms with E-state index in [1.807, 2.05) is 48.5 Å². The van der Waals surface area contributed by atoms with Crippen molar-refractivity contribution in [3.63, 3.8) is 0 Å². The Labute approximate surface area is 185 Å². The summed E-state index contributed by atoms with van der Waals surface area (Å²) < 4.78 is 9.68. The largest absolute Gasteiger partial charge is 0.497 e. The van der Waals surface area contributed by atoms with Crippen molar-refractivity contribution in [1.82, 2.24) is 18.7 Å². The number of aromatic nitrogens is 4. The molecule has 4 aromatic rings. The smallest absolute Gasteiger partial charge is 0.337 e. The van der Waals surface area contributed by atoms with Crippen molar-refractivity contribution in [2.75, 3.05) is 7.11 Å². The van der Waals surface area contributed by atoms with Crippen LogP contribution in [0.25, 0.3) is 16.9 Å². The number of hydrogen-bond donors (Lipinski definition) is 0. The van der Waals surface area contributed by atoms with Crippen LogP contribution < -0.4 is 16.0 Å². The summed E-state index contributed by atoms with van der Waals surface area (Å²) in [6.45, 7) is 8.49. The fourth-order valence-electron chi connectivity index (χ4n) is 3.76. The summed E-state index contributed by atoms with van der Waals surface area (Å²) >= 11 is 0. The van der Waals surface area contributed by atoms with E-state index in [2.05, 4.69) is 25.4 Å². The second-order valence-corrected chi connectivity index (χ2v) is 7.96. The van der Waals surface area contributed by atoms with E-state index in [1.165, 1.54) is 14.7 Å². The Morgan fingerprint density at radius 3 is 2.34 bits per heavy atom. The maximum Gasteiger partial charge on any atom is 0.337 e. The lowest BCUT2D eigenvalue weighted by Crippen LogP contribution is -2.39. The van der Waals surface area contributed by atoms with Gasteiger partial charge in [-0.25, -0.2) is 14.3 Å². The fraction of sp³-hybridized carbons (Fsp3) is 0.240. The van der Waals surface area contributed by atoms with Gasteiger partial charge >= 0.3 is 5.69 Å². The van der Waals surface area contributed by atoms with Crippen LogP contribution in [0.4, 0.5) is 0 Å². The van der Waals surface area contributed by atoms with Gasteiger partial charge in [0.15, 0.2) is 11.2 Å². The molecule has 4 rings (SSSR count). The van der Waals surface area contributed by atoms with Crippen LogP contribution in [-0.4, -0.2) is 25.8 Å². The van der Waals surface area contributed by atoms with Gasteiger partial charge in [0.25, 0.3) is 5.56 Å². The number of benzene rings is 2. The van der Waals surface area contributed by atoms with Gasteiger partial charge in [-0.15, -0.1) is 6.58 Å². The van der Waals surface area contributed by atoms with Crippen LogP contribution in [0.5, 0.6) is 5.75 Å². The van der Waals surface area contributed by atoms with Gasteiger partial charge in [-0.2, -0.15) is 0 Å². The van der Waals surface area contributed by atoms with Crippen LogP contribution in [-0.2, 0) is 13.1 Å². The van der Waals surface area contributed by atoms with Gasteiger partial charge in [-0.3, -0.25) is 9.36 Å². The Morgan fingerprint density at radius 1 is 1.06 bits per heavy atom. The summed E-state index contributed by atoms with van der Waals surface area (Å²) in [5.41, 5.74) is 2.71. The number of ether oxygens (including phenoxy) is 1. The first-order valence-corrected chi connectivity index (χ1v) is 10.5. The van der Waals surface area contributed by atoms with Gasteiger partial charge in [-0.1, -0.05) is 44.2 Å². The Hall–Kier alpha value is -3.87. The minimum atomic E-state index is -0.436. The summed E-state index contributed by atoms with van der Waals surface area (Å²) in [5.74, 6) is 1.13. The number of hydrogen-bond acceptors (Lipinski definition) is 4. The van der Waals surface area contributed by atoms with E-state index in [-0.39, 0.29) is 12.1 Å². The lowest BCUT2D eigenvalue weighted by atomic mass is 10.0. The van der Waals surface area contributed by atoms with Crippen LogP contribution in [0.2, 0.25) is 0 Å². The lowest BCUT2D eigenvalue weighted by molar-refractivity contribution is 0.414. The highest BCUT2D eigenvalue weighted by atomic mass is 16.5. The second kappa shape index (κ2) is 8.70. The number of fused-ring (bicyclic) bond motifs is 1. The van der Waals surface area contributed by atoms with Crippen molar-refractivity contribution in [2.24, 2.45) is 0 Å². The molecule has 0 fully saturated rings. The van der Waals surface area contributed by atoms with E-state index in [1.54, 1.807) is 24.1 Å². The van der Waals surface area contributed by atoms with Crippen LogP contribution in [0.15, 0.2) is 77.1 Å². The molecular formula is C25H26N4O3. The minimum absolute atomic E-state index is 0.116. The van der Waals surface area contributed by atoms with Crippen LogP contribution >= 0.6 is 0 Å². The van der Waals surface area contributed by atoms with Crippen molar-refractivity contribution in [2.45, 2.75) is 32.9 Å². The van der Waals surface area contributed by atoms with E-state index >= 15 is 0 Å². The van der Waals surface area contributed by atoms with Gasteiger partial charge in [0, 0.05) is 13.1 Å². The highest BCUT2D eigenvalue weighted by molar-refractivity contribution is 5.72. The Kier molecular flexibility index (Phi) is 5.81. The fourth-order valence-corrected chi connectivity index (χ4v) is 3.76. The van der Waals surface area contributed by atoms with E-state index in [0.717, 1.165) is 11.3 Å². The third-order valence-corrected chi connectivity index (χ3v) is 5.54. The van der Waals surface area contributed by atoms with E-state index in [0.29, 0.717) is 29.3 Å². The zero-order valence-electron chi connectivity index (χ0n) is 18.5. The molecule has 0 amide bonds. The maximum atomic E-state index is 13.3. The number of allylic oxidation sites excluding steroid dienone is 1. The number of imidazole rings is 1. The van der Waals surface area contributed by atoms with Gasteiger partial charge in [0.1, 0.15) is 5.75 Å². The molecule has 2 aromatic carbocycles. The highest BCUT2D eigenvalue weighted by Crippen LogP contribution is 2.19. The van der Waals surface area contributed by atoms with Crippen molar-refractivity contribution in [3.8, 4) is 11.4 Å². The molecule has 164 valence electrons. The number of nitrogens with zero attached hydrogens (tertiary/aromatic N) is 4. The normalized spacial score (nSPS) is 11.2. The summed E-state index contributed by atoms with van der Waals surface area (Å²) in [5, 5.41) is 0. The van der Waals surface area contributed by atoms with Crippen LogP contribution in [0.1, 0.15) is 30.9 Å². The Morgan fingerprint density at radius 2 is 1.75 bits per heavy atom. The predicted octanol–water partition coefficient (Wildman–Crippen LogP) is 3.72. The van der Waals surface area contributed by atoms with Crippen LogP contribution in [0.3, 0.4) is 0 Å². The molecular weight excluding hydrogens is 404 g/mol. The predicted molar refractivity (Wildman–Crippen MR) is 126 cm³/mol. The minimum Gasteiger partial charge on any atom is -0.497 e.